The van der Waals surface area contributed by atoms with Gasteiger partial charge < -0.3 is 4.74 Å². The Balaban J connectivity index is 2.12. The number of esters is 1. The van der Waals surface area contributed by atoms with E-state index >= 15 is 0 Å². The highest BCUT2D eigenvalue weighted by Gasteiger charge is 2.15. The minimum Gasteiger partial charge on any atom is -0.462 e. The van der Waals surface area contributed by atoms with E-state index in [9.17, 15) is 4.79 Å². The zero-order valence-electron chi connectivity index (χ0n) is 11.0. The van der Waals surface area contributed by atoms with Gasteiger partial charge in [0.2, 0.25) is 0 Å². The van der Waals surface area contributed by atoms with Gasteiger partial charge in [-0.05, 0) is 13.0 Å². The number of ether oxygens (including phenoxy) is 1. The van der Waals surface area contributed by atoms with E-state index in [1.54, 1.807) is 29.9 Å². The van der Waals surface area contributed by atoms with Gasteiger partial charge >= 0.3 is 5.97 Å². The Morgan fingerprint density at radius 2 is 2.05 bits per heavy atom. The van der Waals surface area contributed by atoms with Crippen LogP contribution in [-0.4, -0.2) is 27.2 Å². The molecule has 0 bridgehead atoms. The molecule has 20 heavy (non-hydrogen) atoms. The molecule has 1 aromatic carbocycles. The summed E-state index contributed by atoms with van der Waals surface area (Å²) in [5.74, 6) is -0.384. The lowest BCUT2D eigenvalue weighted by atomic mass is 10.2. The molecule has 0 amide bonds. The third-order valence-corrected chi connectivity index (χ3v) is 2.93. The summed E-state index contributed by atoms with van der Waals surface area (Å²) in [4.78, 5) is 16.4. The Morgan fingerprint density at radius 1 is 1.25 bits per heavy atom. The molecule has 0 radical (unpaired) electrons. The zero-order valence-corrected chi connectivity index (χ0v) is 11.0. The van der Waals surface area contributed by atoms with E-state index in [1.807, 2.05) is 30.3 Å². The number of imidazole rings is 1. The first kappa shape index (κ1) is 12.3. The van der Waals surface area contributed by atoms with E-state index in [-0.39, 0.29) is 5.97 Å². The summed E-state index contributed by atoms with van der Waals surface area (Å²) < 4.78 is 6.62. The van der Waals surface area contributed by atoms with E-state index in [4.69, 9.17) is 4.74 Å². The summed E-state index contributed by atoms with van der Waals surface area (Å²) in [6.45, 7) is 2.11. The molecule has 0 aliphatic rings. The molecular weight excluding hydrogens is 254 g/mol. The summed E-state index contributed by atoms with van der Waals surface area (Å²) in [5.41, 5.74) is 2.68. The van der Waals surface area contributed by atoms with Gasteiger partial charge in [0, 0.05) is 11.8 Å². The number of fused-ring (bicyclic) bond motifs is 1. The van der Waals surface area contributed by atoms with Gasteiger partial charge in [-0.1, -0.05) is 30.3 Å². The highest BCUT2D eigenvalue weighted by molar-refractivity contribution is 5.96. The van der Waals surface area contributed by atoms with Crippen molar-refractivity contribution in [2.75, 3.05) is 6.61 Å². The maximum Gasteiger partial charge on any atom is 0.342 e. The van der Waals surface area contributed by atoms with Crippen molar-refractivity contribution in [2.24, 2.45) is 0 Å². The summed E-state index contributed by atoms with van der Waals surface area (Å²) in [5, 5.41) is 4.18. The average molecular weight is 267 g/mol. The maximum absolute atomic E-state index is 11.9. The van der Waals surface area contributed by atoms with Gasteiger partial charge in [-0.15, -0.1) is 0 Å². The van der Waals surface area contributed by atoms with Gasteiger partial charge in [-0.3, -0.25) is 0 Å². The first-order valence-corrected chi connectivity index (χ1v) is 6.36. The molecule has 5 nitrogen and oxygen atoms in total. The quantitative estimate of drug-likeness (QED) is 0.684. The largest absolute Gasteiger partial charge is 0.462 e. The second-order valence-corrected chi connectivity index (χ2v) is 4.23. The van der Waals surface area contributed by atoms with Crippen LogP contribution in [0.4, 0.5) is 0 Å². The fraction of sp³-hybridized carbons (Fsp3) is 0.133. The van der Waals surface area contributed by atoms with Crippen LogP contribution in [0.3, 0.4) is 0 Å². The van der Waals surface area contributed by atoms with E-state index in [0.717, 1.165) is 11.3 Å². The van der Waals surface area contributed by atoms with Crippen LogP contribution in [0.2, 0.25) is 0 Å². The van der Waals surface area contributed by atoms with Gasteiger partial charge in [-0.25, -0.2) is 14.3 Å². The predicted octanol–water partition coefficient (Wildman–Crippen LogP) is 2.57. The highest BCUT2D eigenvalue weighted by Crippen LogP contribution is 2.20. The molecule has 2 aromatic heterocycles. The molecule has 0 spiro atoms. The molecule has 0 aliphatic carbocycles. The van der Waals surface area contributed by atoms with Crippen molar-refractivity contribution >= 4 is 11.6 Å². The van der Waals surface area contributed by atoms with Gasteiger partial charge in [-0.2, -0.15) is 5.10 Å². The molecule has 0 saturated carbocycles. The second kappa shape index (κ2) is 5.13. The molecule has 0 saturated heterocycles. The van der Waals surface area contributed by atoms with Crippen molar-refractivity contribution in [3.63, 3.8) is 0 Å². The summed E-state index contributed by atoms with van der Waals surface area (Å²) in [7, 11) is 0. The van der Waals surface area contributed by atoms with Crippen LogP contribution < -0.4 is 0 Å². The number of nitrogens with zero attached hydrogens (tertiary/aromatic N) is 3. The van der Waals surface area contributed by atoms with E-state index < -0.39 is 0 Å². The van der Waals surface area contributed by atoms with Crippen molar-refractivity contribution in [1.29, 1.82) is 0 Å². The monoisotopic (exact) mass is 267 g/mol. The Kier molecular flexibility index (Phi) is 3.16. The smallest absolute Gasteiger partial charge is 0.342 e. The first-order chi connectivity index (χ1) is 9.79. The first-order valence-electron chi connectivity index (χ1n) is 6.36. The van der Waals surface area contributed by atoms with Gasteiger partial charge in [0.25, 0.3) is 0 Å². The number of hydrogen-bond acceptors (Lipinski definition) is 4. The van der Waals surface area contributed by atoms with Crippen molar-refractivity contribution in [1.82, 2.24) is 14.6 Å². The number of carbonyl (C=O) groups excluding carboxylic acids is 1. The minimum atomic E-state index is -0.384. The van der Waals surface area contributed by atoms with E-state index in [0.29, 0.717) is 17.8 Å². The molecule has 0 fully saturated rings. The van der Waals surface area contributed by atoms with Crippen molar-refractivity contribution in [2.45, 2.75) is 6.92 Å². The summed E-state index contributed by atoms with van der Waals surface area (Å²) >= 11 is 0. The van der Waals surface area contributed by atoms with Crippen LogP contribution in [0.1, 0.15) is 17.3 Å². The number of hydrogen-bond donors (Lipinski definition) is 0. The van der Waals surface area contributed by atoms with Crippen molar-refractivity contribution in [3.8, 4) is 11.3 Å². The molecule has 100 valence electrons. The van der Waals surface area contributed by atoms with Crippen molar-refractivity contribution < 1.29 is 9.53 Å². The minimum absolute atomic E-state index is 0.333. The standard InChI is InChI=1S/C15H13N3O2/c1-2-20-15(19)12-8-9-16-18-10-13(17-14(12)18)11-6-4-3-5-7-11/h3-10H,2H2,1H3. The van der Waals surface area contributed by atoms with Gasteiger partial charge in [0.05, 0.1) is 18.5 Å². The molecule has 3 aromatic rings. The maximum atomic E-state index is 11.9. The number of aromatic nitrogens is 3. The molecule has 0 atom stereocenters. The Bertz CT molecular complexity index is 750. The third kappa shape index (κ3) is 2.14. The predicted molar refractivity (Wildman–Crippen MR) is 74.4 cm³/mol. The third-order valence-electron chi connectivity index (χ3n) is 2.93. The van der Waals surface area contributed by atoms with Crippen LogP contribution in [0.5, 0.6) is 0 Å². The molecule has 0 N–H and O–H groups in total. The van der Waals surface area contributed by atoms with Crippen LogP contribution in [0.25, 0.3) is 16.9 Å². The topological polar surface area (TPSA) is 56.5 Å². The molecule has 3 rings (SSSR count). The van der Waals surface area contributed by atoms with Crippen LogP contribution in [0.15, 0.2) is 48.8 Å². The van der Waals surface area contributed by atoms with Gasteiger partial charge in [0.15, 0.2) is 5.65 Å². The lowest BCUT2D eigenvalue weighted by Gasteiger charge is -2.01. The lowest BCUT2D eigenvalue weighted by molar-refractivity contribution is 0.0527. The van der Waals surface area contributed by atoms with E-state index in [2.05, 4.69) is 10.1 Å². The highest BCUT2D eigenvalue weighted by atomic mass is 16.5. The van der Waals surface area contributed by atoms with Crippen LogP contribution >= 0.6 is 0 Å². The van der Waals surface area contributed by atoms with Crippen molar-refractivity contribution in [3.05, 3.63) is 54.4 Å². The number of rotatable bonds is 3. The van der Waals surface area contributed by atoms with Crippen LogP contribution in [-0.2, 0) is 4.74 Å². The average Bonchev–Trinajstić information content (AvgIpc) is 2.92. The molecule has 0 unspecified atom stereocenters. The summed E-state index contributed by atoms with van der Waals surface area (Å²) in [6, 6.07) is 11.4. The Morgan fingerprint density at radius 3 is 2.80 bits per heavy atom. The van der Waals surface area contributed by atoms with E-state index in [1.165, 1.54) is 0 Å². The second-order valence-electron chi connectivity index (χ2n) is 4.23. The SMILES string of the molecule is CCOC(=O)c1ccnn2cc(-c3ccccc3)nc12. The van der Waals surface area contributed by atoms with Gasteiger partial charge in [0.1, 0.15) is 5.56 Å². The summed E-state index contributed by atoms with van der Waals surface area (Å²) in [6.07, 6.45) is 3.36. The normalized spacial score (nSPS) is 10.7. The fourth-order valence-corrected chi connectivity index (χ4v) is 2.01. The lowest BCUT2D eigenvalue weighted by Crippen LogP contribution is -2.07. The molecular formula is C15H13N3O2. The molecule has 5 heteroatoms. The van der Waals surface area contributed by atoms with Crippen LogP contribution in [0, 0.1) is 0 Å². The number of carbonyl (C=O) groups is 1. The molecule has 2 heterocycles. The Hall–Kier alpha value is -2.69. The Labute approximate surface area is 115 Å². The molecule has 0 aliphatic heterocycles. The zero-order chi connectivity index (χ0) is 13.9. The number of benzene rings is 1. The fourth-order valence-electron chi connectivity index (χ4n) is 2.01.